The van der Waals surface area contributed by atoms with Crippen LogP contribution in [0.25, 0.3) is 0 Å². The van der Waals surface area contributed by atoms with Crippen LogP contribution in [-0.4, -0.2) is 65.6 Å². The Kier molecular flexibility index (Phi) is 3.10. The van der Waals surface area contributed by atoms with E-state index in [-0.39, 0.29) is 17.7 Å². The molecule has 0 spiro atoms. The van der Waals surface area contributed by atoms with Gasteiger partial charge in [-0.1, -0.05) is 0 Å². The van der Waals surface area contributed by atoms with Gasteiger partial charge in [0.2, 0.25) is 11.8 Å². The number of hydrogen-bond donors (Lipinski definition) is 1. The van der Waals surface area contributed by atoms with Crippen molar-refractivity contribution in [3.05, 3.63) is 28.8 Å². The summed E-state index contributed by atoms with van der Waals surface area (Å²) in [5, 5.41) is 2.04. The van der Waals surface area contributed by atoms with Crippen molar-refractivity contribution in [2.45, 2.75) is 45.3 Å². The molecule has 9 heteroatoms. The van der Waals surface area contributed by atoms with Crippen LogP contribution in [0.3, 0.4) is 0 Å². The second kappa shape index (κ2) is 7.37. The summed E-state index contributed by atoms with van der Waals surface area (Å²) in [5.41, 5.74) is -2.51. The molecule has 0 bridgehead atoms. The molecule has 2 fully saturated rings. The van der Waals surface area contributed by atoms with Gasteiger partial charge in [-0.2, -0.15) is 0 Å². The molecule has 0 saturated carbocycles. The van der Waals surface area contributed by atoms with E-state index in [1.807, 2.05) is 5.32 Å². The van der Waals surface area contributed by atoms with Crippen molar-refractivity contribution in [3.8, 4) is 0 Å². The van der Waals surface area contributed by atoms with Crippen molar-refractivity contribution in [1.82, 2.24) is 15.1 Å². The van der Waals surface area contributed by atoms with E-state index < -0.39 is 90.8 Å². The lowest BCUT2D eigenvalue weighted by Crippen LogP contribution is -2.52. The highest BCUT2D eigenvalue weighted by Crippen LogP contribution is 2.36. The van der Waals surface area contributed by atoms with Gasteiger partial charge in [-0.15, -0.1) is 0 Å². The number of piperazine rings is 1. The number of carbonyl (C=O) groups excluding carboxylic acids is 3. The van der Waals surface area contributed by atoms with Crippen LogP contribution in [0.1, 0.15) is 53.6 Å². The summed E-state index contributed by atoms with van der Waals surface area (Å²) in [6.45, 7) is -11.3. The van der Waals surface area contributed by atoms with Crippen molar-refractivity contribution in [2.75, 3.05) is 30.9 Å². The van der Waals surface area contributed by atoms with E-state index in [2.05, 4.69) is 0 Å². The first-order valence-corrected chi connectivity index (χ1v) is 9.05. The van der Waals surface area contributed by atoms with E-state index in [1.165, 1.54) is 13.8 Å². The Bertz CT molecular complexity index is 1180. The van der Waals surface area contributed by atoms with Gasteiger partial charge in [-0.05, 0) is 20.3 Å². The minimum absolute atomic E-state index is 0.0941. The maximum Gasteiger partial charge on any atom is 0.258 e. The first kappa shape index (κ1) is 12.2. The number of hydrogen-bond acceptors (Lipinski definition) is 5. The second-order valence-electron chi connectivity index (χ2n) is 7.19. The van der Waals surface area contributed by atoms with Crippen LogP contribution in [0.15, 0.2) is 6.07 Å². The number of nitrogens with zero attached hydrogens (tertiary/aromatic N) is 3. The molecule has 1 unspecified atom stereocenters. The van der Waals surface area contributed by atoms with Gasteiger partial charge in [0.25, 0.3) is 5.91 Å². The molecule has 3 aliphatic rings. The number of anilines is 1. The summed E-state index contributed by atoms with van der Waals surface area (Å²) in [4.78, 5) is 37.8. The van der Waals surface area contributed by atoms with Crippen molar-refractivity contribution in [1.29, 1.82) is 0 Å². The first-order valence-electron chi connectivity index (χ1n) is 13.1. The Morgan fingerprint density at radius 2 is 1.86 bits per heavy atom. The third-order valence-electron chi connectivity index (χ3n) is 5.01. The molecule has 3 amide bonds. The van der Waals surface area contributed by atoms with Gasteiger partial charge in [-0.25, -0.2) is 8.78 Å². The van der Waals surface area contributed by atoms with Gasteiger partial charge in [0.1, 0.15) is 11.9 Å². The Labute approximate surface area is 178 Å². The number of rotatable bonds is 3. The fourth-order valence-electron chi connectivity index (χ4n) is 3.47. The fraction of sp³-hybridized carbons (Fsp3) is 0.550. The molecule has 156 valence electrons. The minimum atomic E-state index is -3.43. The Balaban J connectivity index is 1.86. The lowest BCUT2D eigenvalue weighted by molar-refractivity contribution is -0.136. The number of amides is 3. The highest BCUT2D eigenvalue weighted by Gasteiger charge is 2.42. The maximum atomic E-state index is 15.9. The van der Waals surface area contributed by atoms with Crippen LogP contribution in [0.2, 0.25) is 0 Å². The molecule has 3 aliphatic heterocycles. The molecule has 1 aromatic carbocycles. The zero-order valence-corrected chi connectivity index (χ0v) is 15.7. The second-order valence-corrected chi connectivity index (χ2v) is 7.19. The van der Waals surface area contributed by atoms with Crippen molar-refractivity contribution in [3.63, 3.8) is 0 Å². The summed E-state index contributed by atoms with van der Waals surface area (Å²) < 4.78 is 98.4. The number of halogens is 2. The molecule has 0 aromatic heterocycles. The fourth-order valence-corrected chi connectivity index (χ4v) is 3.47. The molecule has 4 rings (SSSR count). The van der Waals surface area contributed by atoms with Gasteiger partial charge in [-0.3, -0.25) is 24.6 Å². The number of benzene rings is 1. The minimum Gasteiger partial charge on any atom is -0.367 e. The van der Waals surface area contributed by atoms with E-state index >= 15 is 8.78 Å². The zero-order valence-electron chi connectivity index (χ0n) is 23.7. The third kappa shape index (κ3) is 3.37. The molecule has 1 N–H and O–H groups in total. The molecular formula is C20H24F2N4O3. The molecule has 7 nitrogen and oxygen atoms in total. The van der Waals surface area contributed by atoms with Crippen LogP contribution in [0.5, 0.6) is 0 Å². The largest absolute Gasteiger partial charge is 0.367 e. The number of fused-ring (bicyclic) bond motifs is 1. The van der Waals surface area contributed by atoms with E-state index in [1.54, 1.807) is 0 Å². The van der Waals surface area contributed by atoms with Crippen molar-refractivity contribution in [2.24, 2.45) is 0 Å². The monoisotopic (exact) mass is 414 g/mol. The van der Waals surface area contributed by atoms with Crippen molar-refractivity contribution < 1.29 is 34.1 Å². The maximum absolute atomic E-state index is 15.9. The van der Waals surface area contributed by atoms with Gasteiger partial charge in [0, 0.05) is 55.6 Å². The highest BCUT2D eigenvalue weighted by atomic mass is 19.1. The first-order chi connectivity index (χ1) is 16.8. The SMILES string of the molecule is [2H]C1([2H])N(c2cc(F)c3c(c2F)CN(C2CCC(=O)NC2=O)C3=O)C([2H])([2H])C([2H])([2H])N(C(C)C)C1([2H])[2H]. The van der Waals surface area contributed by atoms with Gasteiger partial charge < -0.3 is 9.80 Å². The van der Waals surface area contributed by atoms with E-state index in [0.717, 1.165) is 4.90 Å². The summed E-state index contributed by atoms with van der Waals surface area (Å²) >= 11 is 0. The highest BCUT2D eigenvalue weighted by molar-refractivity contribution is 6.05. The van der Waals surface area contributed by atoms with Gasteiger partial charge in [0.05, 0.1) is 23.3 Å². The molecule has 29 heavy (non-hydrogen) atoms. The van der Waals surface area contributed by atoms with Gasteiger partial charge >= 0.3 is 0 Å². The normalized spacial score (nSPS) is 34.1. The van der Waals surface area contributed by atoms with Crippen molar-refractivity contribution >= 4 is 23.4 Å². The van der Waals surface area contributed by atoms with Gasteiger partial charge in [0.15, 0.2) is 5.82 Å². The zero-order chi connectivity index (χ0) is 28.0. The molecule has 0 aliphatic carbocycles. The molecule has 3 heterocycles. The Morgan fingerprint density at radius 3 is 2.48 bits per heavy atom. The predicted molar refractivity (Wildman–Crippen MR) is 101 cm³/mol. The molecule has 0 radical (unpaired) electrons. The summed E-state index contributed by atoms with van der Waals surface area (Å²) in [6, 6.07) is -1.92. The molecular weight excluding hydrogens is 382 g/mol. The van der Waals surface area contributed by atoms with Crippen LogP contribution in [0, 0.1) is 11.6 Å². The van der Waals surface area contributed by atoms with Crippen LogP contribution >= 0.6 is 0 Å². The number of piperidine rings is 1. The lowest BCUT2D eigenvalue weighted by Gasteiger charge is -2.38. The standard InChI is InChI=1S/C20H24F2N4O3/c1-11(2)24-5-7-25(8-6-24)15-9-13(21)17-12(18(15)22)10-26(20(17)29)14-3-4-16(27)23-19(14)28/h9,11,14H,3-8,10H2,1-2H3,(H,23,27,28)/i5D2,6D2,7D2,8D2. The van der Waals surface area contributed by atoms with Crippen LogP contribution in [-0.2, 0) is 16.1 Å². The average molecular weight is 414 g/mol. The molecule has 1 aromatic rings. The Hall–Kier alpha value is -2.55. The average Bonchev–Trinajstić information content (AvgIpc) is 3.07. The molecule has 2 saturated heterocycles. The lowest BCUT2D eigenvalue weighted by atomic mass is 10.0. The molecule has 1 atom stereocenters. The predicted octanol–water partition coefficient (Wildman–Crippen LogP) is 1.26. The number of nitrogens with one attached hydrogen (secondary N) is 1. The smallest absolute Gasteiger partial charge is 0.258 e. The third-order valence-corrected chi connectivity index (χ3v) is 5.01. The van der Waals surface area contributed by atoms with Crippen LogP contribution in [0.4, 0.5) is 14.5 Å². The summed E-state index contributed by atoms with van der Waals surface area (Å²) in [5.74, 6) is -5.31. The summed E-state index contributed by atoms with van der Waals surface area (Å²) in [7, 11) is 0. The van der Waals surface area contributed by atoms with E-state index in [4.69, 9.17) is 11.0 Å². The van der Waals surface area contributed by atoms with E-state index in [9.17, 15) is 14.4 Å². The number of imide groups is 1. The topological polar surface area (TPSA) is 73.0 Å². The van der Waals surface area contributed by atoms with E-state index in [0.29, 0.717) is 11.0 Å². The summed E-state index contributed by atoms with van der Waals surface area (Å²) in [6.07, 6.45) is -0.208. The quantitative estimate of drug-likeness (QED) is 0.754. The Morgan fingerprint density at radius 1 is 1.17 bits per heavy atom. The number of carbonyl (C=O) groups is 3. The van der Waals surface area contributed by atoms with Crippen LogP contribution < -0.4 is 10.2 Å².